The molecule has 3 nitrogen and oxygen atoms in total. The zero-order chi connectivity index (χ0) is 10.3. The van der Waals surface area contributed by atoms with Crippen LogP contribution in [0.25, 0.3) is 12.3 Å². The summed E-state index contributed by atoms with van der Waals surface area (Å²) in [7, 11) is 3.64. The standard InChI is InChI=1S/C11H11NO2/c1-7-5-4-6-8-9(7)10(12(2)3)11(13)14-8/h4-6H,1H2,2-3H3. The molecule has 1 aromatic rings. The maximum Gasteiger partial charge on any atom is 0.360 e. The van der Waals surface area contributed by atoms with Gasteiger partial charge in [0.2, 0.25) is 0 Å². The molecule has 1 aromatic carbocycles. The van der Waals surface area contributed by atoms with Crippen molar-refractivity contribution in [1.82, 2.24) is 4.90 Å². The molecule has 0 N–H and O–H groups in total. The summed E-state index contributed by atoms with van der Waals surface area (Å²) in [6, 6.07) is 5.47. The number of rotatable bonds is 1. The summed E-state index contributed by atoms with van der Waals surface area (Å²) in [5.74, 6) is 0.298. The molecule has 1 heterocycles. The minimum atomic E-state index is -0.305. The summed E-state index contributed by atoms with van der Waals surface area (Å²) in [5, 5.41) is 1.62. The Morgan fingerprint density at radius 1 is 1.36 bits per heavy atom. The molecular weight excluding hydrogens is 178 g/mol. The Kier molecular flexibility index (Phi) is 1.81. The van der Waals surface area contributed by atoms with Crippen molar-refractivity contribution in [2.75, 3.05) is 14.1 Å². The van der Waals surface area contributed by atoms with Crippen LogP contribution < -0.4 is 15.2 Å². The quantitative estimate of drug-likeness (QED) is 0.448. The van der Waals surface area contributed by atoms with Crippen molar-refractivity contribution >= 4 is 18.2 Å². The number of benzene rings is 1. The smallest absolute Gasteiger partial charge is 0.360 e. The van der Waals surface area contributed by atoms with Gasteiger partial charge in [0.15, 0.2) is 0 Å². The summed E-state index contributed by atoms with van der Waals surface area (Å²) < 4.78 is 5.10. The first-order chi connectivity index (χ1) is 6.61. The number of ether oxygens (including phenoxy) is 1. The summed E-state index contributed by atoms with van der Waals surface area (Å²) in [6.45, 7) is 3.88. The molecule has 0 saturated heterocycles. The van der Waals surface area contributed by atoms with E-state index < -0.39 is 0 Å². The summed E-state index contributed by atoms with van der Waals surface area (Å²) in [4.78, 5) is 13.2. The molecule has 1 aliphatic rings. The number of hydrogen-bond acceptors (Lipinski definition) is 3. The lowest BCUT2D eigenvalue weighted by molar-refractivity contribution is -0.128. The van der Waals surface area contributed by atoms with Gasteiger partial charge in [0.25, 0.3) is 0 Å². The summed E-state index contributed by atoms with van der Waals surface area (Å²) in [6.07, 6.45) is 0. The fourth-order valence-corrected chi connectivity index (χ4v) is 1.59. The lowest BCUT2D eigenvalue weighted by atomic mass is 10.2. The van der Waals surface area contributed by atoms with Gasteiger partial charge in [-0.05, 0) is 11.3 Å². The largest absolute Gasteiger partial charge is 0.421 e. The molecule has 3 heteroatoms. The van der Waals surface area contributed by atoms with Crippen LogP contribution in [0.5, 0.6) is 5.75 Å². The zero-order valence-corrected chi connectivity index (χ0v) is 8.20. The minimum absolute atomic E-state index is 0.305. The van der Waals surface area contributed by atoms with Crippen molar-refractivity contribution < 1.29 is 9.53 Å². The van der Waals surface area contributed by atoms with Crippen LogP contribution >= 0.6 is 0 Å². The molecule has 0 amide bonds. The van der Waals surface area contributed by atoms with E-state index in [1.165, 1.54) is 0 Å². The Balaban J connectivity index is 2.88. The van der Waals surface area contributed by atoms with Gasteiger partial charge < -0.3 is 9.64 Å². The fraction of sp³-hybridized carbons (Fsp3) is 0.182. The first kappa shape index (κ1) is 8.81. The van der Waals surface area contributed by atoms with E-state index in [0.717, 1.165) is 10.4 Å². The van der Waals surface area contributed by atoms with Gasteiger partial charge in [-0.25, -0.2) is 4.79 Å². The molecule has 0 aromatic heterocycles. The van der Waals surface area contributed by atoms with E-state index in [1.807, 2.05) is 26.2 Å². The molecule has 14 heavy (non-hydrogen) atoms. The highest BCUT2D eigenvalue weighted by atomic mass is 16.5. The second-order valence-corrected chi connectivity index (χ2v) is 3.42. The molecule has 0 spiro atoms. The second-order valence-electron chi connectivity index (χ2n) is 3.42. The van der Waals surface area contributed by atoms with Crippen molar-refractivity contribution in [1.29, 1.82) is 0 Å². The van der Waals surface area contributed by atoms with E-state index in [4.69, 9.17) is 4.74 Å². The third kappa shape index (κ3) is 1.09. The third-order valence-electron chi connectivity index (χ3n) is 2.19. The number of fused-ring (bicyclic) bond motifs is 1. The Morgan fingerprint density at radius 3 is 2.71 bits per heavy atom. The molecule has 72 valence electrons. The van der Waals surface area contributed by atoms with Crippen LogP contribution in [0.2, 0.25) is 0 Å². The first-order valence-corrected chi connectivity index (χ1v) is 4.33. The predicted molar refractivity (Wildman–Crippen MR) is 53.9 cm³/mol. The van der Waals surface area contributed by atoms with Crippen molar-refractivity contribution in [2.24, 2.45) is 0 Å². The molecule has 0 fully saturated rings. The highest BCUT2D eigenvalue weighted by Crippen LogP contribution is 2.14. The number of carbonyl (C=O) groups excluding carboxylic acids is 1. The molecule has 0 aliphatic carbocycles. The number of hydrogen-bond donors (Lipinski definition) is 0. The highest BCUT2D eigenvalue weighted by molar-refractivity contribution is 6.12. The monoisotopic (exact) mass is 189 g/mol. The van der Waals surface area contributed by atoms with E-state index >= 15 is 0 Å². The molecule has 2 rings (SSSR count). The molecule has 1 aliphatic heterocycles. The lowest BCUT2D eigenvalue weighted by Crippen LogP contribution is -2.29. The summed E-state index contributed by atoms with van der Waals surface area (Å²) in [5.41, 5.74) is 0.575. The van der Waals surface area contributed by atoms with Crippen LogP contribution in [0.4, 0.5) is 0 Å². The third-order valence-corrected chi connectivity index (χ3v) is 2.19. The number of likely N-dealkylation sites (N-methyl/N-ethyl adjacent to an activating group) is 1. The van der Waals surface area contributed by atoms with Crippen molar-refractivity contribution in [3.63, 3.8) is 0 Å². The lowest BCUT2D eigenvalue weighted by Gasteiger charge is -2.09. The summed E-state index contributed by atoms with van der Waals surface area (Å²) >= 11 is 0. The maximum atomic E-state index is 11.5. The van der Waals surface area contributed by atoms with Crippen LogP contribution in [-0.2, 0) is 4.79 Å². The molecule has 0 saturated carbocycles. The van der Waals surface area contributed by atoms with E-state index in [9.17, 15) is 4.79 Å². The minimum Gasteiger partial charge on any atom is -0.421 e. The van der Waals surface area contributed by atoms with Gasteiger partial charge in [0, 0.05) is 14.1 Å². The van der Waals surface area contributed by atoms with Crippen LogP contribution in [0.15, 0.2) is 18.2 Å². The number of esters is 1. The van der Waals surface area contributed by atoms with E-state index in [2.05, 4.69) is 6.58 Å². The Morgan fingerprint density at radius 2 is 2.07 bits per heavy atom. The van der Waals surface area contributed by atoms with Crippen LogP contribution in [0, 0.1) is 0 Å². The number of carbonyl (C=O) groups is 1. The normalized spacial score (nSPS) is 13.9. The average Bonchev–Trinajstić information content (AvgIpc) is 2.42. The van der Waals surface area contributed by atoms with E-state index in [-0.39, 0.29) is 5.97 Å². The van der Waals surface area contributed by atoms with Gasteiger partial charge in [0.1, 0.15) is 11.4 Å². The van der Waals surface area contributed by atoms with Gasteiger partial charge in [0.05, 0.1) is 5.22 Å². The molecule has 0 radical (unpaired) electrons. The SMILES string of the molecule is C=c1cccc2c1=C(N(C)C)C(=O)O2. The Labute approximate surface area is 81.9 Å². The van der Waals surface area contributed by atoms with Gasteiger partial charge in [-0.2, -0.15) is 0 Å². The average molecular weight is 189 g/mol. The van der Waals surface area contributed by atoms with E-state index in [0.29, 0.717) is 11.4 Å². The van der Waals surface area contributed by atoms with Crippen molar-refractivity contribution in [3.05, 3.63) is 28.6 Å². The zero-order valence-electron chi connectivity index (χ0n) is 8.20. The first-order valence-electron chi connectivity index (χ1n) is 4.33. The van der Waals surface area contributed by atoms with Crippen LogP contribution in [0.1, 0.15) is 0 Å². The van der Waals surface area contributed by atoms with Crippen molar-refractivity contribution in [3.8, 4) is 5.75 Å². The predicted octanol–water partition coefficient (Wildman–Crippen LogP) is -0.314. The second kappa shape index (κ2) is 2.87. The van der Waals surface area contributed by atoms with Gasteiger partial charge in [-0.1, -0.05) is 18.7 Å². The maximum absolute atomic E-state index is 11.5. The van der Waals surface area contributed by atoms with Crippen molar-refractivity contribution in [2.45, 2.75) is 0 Å². The Hall–Kier alpha value is -1.77. The molecule has 0 bridgehead atoms. The Bertz CT molecular complexity index is 503. The van der Waals surface area contributed by atoms with Gasteiger partial charge >= 0.3 is 5.97 Å². The van der Waals surface area contributed by atoms with Crippen LogP contribution in [0.3, 0.4) is 0 Å². The fourth-order valence-electron chi connectivity index (χ4n) is 1.59. The van der Waals surface area contributed by atoms with Gasteiger partial charge in [-0.3, -0.25) is 0 Å². The molecule has 0 atom stereocenters. The number of nitrogens with zero attached hydrogens (tertiary/aromatic N) is 1. The highest BCUT2D eigenvalue weighted by Gasteiger charge is 2.24. The topological polar surface area (TPSA) is 29.5 Å². The van der Waals surface area contributed by atoms with E-state index in [1.54, 1.807) is 11.0 Å². The van der Waals surface area contributed by atoms with Gasteiger partial charge in [-0.15, -0.1) is 0 Å². The van der Waals surface area contributed by atoms with Crippen LogP contribution in [-0.4, -0.2) is 25.0 Å². The molecule has 0 unspecified atom stereocenters. The molecular formula is C11H11NO2.